The summed E-state index contributed by atoms with van der Waals surface area (Å²) in [5, 5.41) is 17.7. The van der Waals surface area contributed by atoms with E-state index >= 15 is 0 Å². The lowest BCUT2D eigenvalue weighted by Gasteiger charge is -2.13. The fourth-order valence-corrected chi connectivity index (χ4v) is 3.16. The summed E-state index contributed by atoms with van der Waals surface area (Å²) >= 11 is 0. The number of hydrogen-bond acceptors (Lipinski definition) is 2. The van der Waals surface area contributed by atoms with Crippen LogP contribution in [-0.2, 0) is 6.42 Å². The molecule has 1 aromatic heterocycles. The molecule has 0 radical (unpaired) electrons. The molecule has 1 unspecified atom stereocenters. The molecule has 0 saturated carbocycles. The molecular weight excluding hydrogens is 482 g/mol. The van der Waals surface area contributed by atoms with Crippen molar-refractivity contribution < 1.29 is 9.50 Å². The SMILES string of the molecule is CCNC(=NCCC(O)c1ccccc1)NCCc1c[nH]c2ccc(F)cc12.I. The average molecular weight is 510 g/mol. The van der Waals surface area contributed by atoms with Crippen molar-refractivity contribution in [3.63, 3.8) is 0 Å². The van der Waals surface area contributed by atoms with Gasteiger partial charge in [-0.3, -0.25) is 4.99 Å². The Morgan fingerprint density at radius 3 is 2.72 bits per heavy atom. The number of benzene rings is 2. The van der Waals surface area contributed by atoms with E-state index in [4.69, 9.17) is 0 Å². The predicted molar refractivity (Wildman–Crippen MR) is 127 cm³/mol. The molecule has 0 fully saturated rings. The zero-order chi connectivity index (χ0) is 19.8. The Morgan fingerprint density at radius 2 is 1.97 bits per heavy atom. The van der Waals surface area contributed by atoms with Crippen LogP contribution in [-0.4, -0.2) is 35.7 Å². The molecule has 0 aliphatic heterocycles. The van der Waals surface area contributed by atoms with Crippen LogP contribution < -0.4 is 10.6 Å². The van der Waals surface area contributed by atoms with Gasteiger partial charge < -0.3 is 20.7 Å². The van der Waals surface area contributed by atoms with Crippen molar-refractivity contribution in [1.29, 1.82) is 0 Å². The van der Waals surface area contributed by atoms with Crippen molar-refractivity contribution in [2.45, 2.75) is 25.9 Å². The topological polar surface area (TPSA) is 72.4 Å². The maximum absolute atomic E-state index is 13.5. The number of aromatic nitrogens is 1. The van der Waals surface area contributed by atoms with E-state index in [1.54, 1.807) is 12.1 Å². The number of fused-ring (bicyclic) bond motifs is 1. The van der Waals surface area contributed by atoms with Crippen LogP contribution >= 0.6 is 24.0 Å². The third-order valence-electron chi connectivity index (χ3n) is 4.62. The van der Waals surface area contributed by atoms with Crippen LogP contribution in [0.2, 0.25) is 0 Å². The molecule has 1 atom stereocenters. The second-order valence-electron chi connectivity index (χ2n) is 6.66. The first-order chi connectivity index (χ1) is 13.7. The summed E-state index contributed by atoms with van der Waals surface area (Å²) in [4.78, 5) is 7.71. The molecule has 29 heavy (non-hydrogen) atoms. The summed E-state index contributed by atoms with van der Waals surface area (Å²) in [5.74, 6) is 0.488. The zero-order valence-electron chi connectivity index (χ0n) is 16.5. The van der Waals surface area contributed by atoms with Gasteiger partial charge in [-0.05, 0) is 49.1 Å². The van der Waals surface area contributed by atoms with Gasteiger partial charge in [0.25, 0.3) is 0 Å². The first kappa shape index (κ1) is 23.2. The number of nitrogens with zero attached hydrogens (tertiary/aromatic N) is 1. The highest BCUT2D eigenvalue weighted by atomic mass is 127. The Balaban J connectivity index is 0.00000300. The number of aromatic amines is 1. The van der Waals surface area contributed by atoms with Crippen LogP contribution in [0.1, 0.15) is 30.6 Å². The second-order valence-corrected chi connectivity index (χ2v) is 6.66. The van der Waals surface area contributed by atoms with E-state index in [1.165, 1.54) is 6.07 Å². The summed E-state index contributed by atoms with van der Waals surface area (Å²) < 4.78 is 13.5. The van der Waals surface area contributed by atoms with Gasteiger partial charge in [-0.25, -0.2) is 4.39 Å². The van der Waals surface area contributed by atoms with E-state index < -0.39 is 6.10 Å². The second kappa shape index (κ2) is 11.8. The minimum atomic E-state index is -0.519. The van der Waals surface area contributed by atoms with Crippen molar-refractivity contribution in [3.8, 4) is 0 Å². The highest BCUT2D eigenvalue weighted by molar-refractivity contribution is 14.0. The zero-order valence-corrected chi connectivity index (χ0v) is 18.8. The van der Waals surface area contributed by atoms with Gasteiger partial charge in [-0.2, -0.15) is 0 Å². The minimum absolute atomic E-state index is 0. The maximum atomic E-state index is 13.5. The van der Waals surface area contributed by atoms with E-state index in [1.807, 2.05) is 43.5 Å². The molecule has 0 aliphatic carbocycles. The fraction of sp³-hybridized carbons (Fsp3) is 0.318. The third kappa shape index (κ3) is 6.71. The molecule has 0 saturated heterocycles. The van der Waals surface area contributed by atoms with Gasteiger partial charge in [0, 0.05) is 36.7 Å². The van der Waals surface area contributed by atoms with Gasteiger partial charge in [0.2, 0.25) is 0 Å². The average Bonchev–Trinajstić information content (AvgIpc) is 3.10. The van der Waals surface area contributed by atoms with Gasteiger partial charge in [0.15, 0.2) is 5.96 Å². The van der Waals surface area contributed by atoms with Crippen LogP contribution in [0.15, 0.2) is 59.7 Å². The minimum Gasteiger partial charge on any atom is -0.388 e. The maximum Gasteiger partial charge on any atom is 0.191 e. The summed E-state index contributed by atoms with van der Waals surface area (Å²) in [6.07, 6.45) is 2.71. The van der Waals surface area contributed by atoms with Gasteiger partial charge in [-0.15, -0.1) is 24.0 Å². The molecule has 4 N–H and O–H groups in total. The van der Waals surface area contributed by atoms with Gasteiger partial charge in [0.1, 0.15) is 5.82 Å². The molecule has 0 bridgehead atoms. The lowest BCUT2D eigenvalue weighted by atomic mass is 10.1. The number of H-pyrrole nitrogens is 1. The number of nitrogens with one attached hydrogen (secondary N) is 3. The van der Waals surface area contributed by atoms with Crippen LogP contribution in [0.3, 0.4) is 0 Å². The van der Waals surface area contributed by atoms with Crippen LogP contribution in [0, 0.1) is 5.82 Å². The molecule has 5 nitrogen and oxygen atoms in total. The van der Waals surface area contributed by atoms with Gasteiger partial charge in [0.05, 0.1) is 6.10 Å². The molecule has 7 heteroatoms. The van der Waals surface area contributed by atoms with Crippen molar-refractivity contribution in [1.82, 2.24) is 15.6 Å². The number of aliphatic hydroxyl groups is 1. The summed E-state index contributed by atoms with van der Waals surface area (Å²) in [5.41, 5.74) is 2.91. The lowest BCUT2D eigenvalue weighted by molar-refractivity contribution is 0.170. The first-order valence-corrected chi connectivity index (χ1v) is 9.68. The molecule has 0 amide bonds. The molecular formula is C22H28FIN4O. The monoisotopic (exact) mass is 510 g/mol. The van der Waals surface area contributed by atoms with E-state index in [0.29, 0.717) is 25.5 Å². The Bertz CT molecular complexity index is 914. The molecule has 156 valence electrons. The van der Waals surface area contributed by atoms with E-state index in [2.05, 4.69) is 20.6 Å². The van der Waals surface area contributed by atoms with E-state index in [-0.39, 0.29) is 29.8 Å². The number of hydrogen-bond donors (Lipinski definition) is 4. The highest BCUT2D eigenvalue weighted by Gasteiger charge is 2.07. The van der Waals surface area contributed by atoms with Gasteiger partial charge >= 0.3 is 0 Å². The molecule has 0 spiro atoms. The number of aliphatic imine (C=N–C) groups is 1. The Kier molecular flexibility index (Phi) is 9.40. The standard InChI is InChI=1S/C22H27FN4O.HI/c1-2-24-22(26-13-11-21(28)16-6-4-3-5-7-16)25-12-10-17-15-27-20-9-8-18(23)14-19(17)20;/h3-9,14-15,21,27-28H,2,10-13H2,1H3,(H2,24,25,26);1H. The highest BCUT2D eigenvalue weighted by Crippen LogP contribution is 2.19. The van der Waals surface area contributed by atoms with Crippen LogP contribution in [0.4, 0.5) is 4.39 Å². The largest absolute Gasteiger partial charge is 0.388 e. The molecule has 3 aromatic rings. The predicted octanol–water partition coefficient (Wildman–Crippen LogP) is 4.15. The number of guanidine groups is 1. The first-order valence-electron chi connectivity index (χ1n) is 9.68. The number of halogens is 2. The Hall–Kier alpha value is -2.13. The smallest absolute Gasteiger partial charge is 0.191 e. The summed E-state index contributed by atoms with van der Waals surface area (Å²) in [7, 11) is 0. The Labute approximate surface area is 187 Å². The molecule has 2 aromatic carbocycles. The van der Waals surface area contributed by atoms with Crippen molar-refractivity contribution in [2.24, 2.45) is 4.99 Å². The number of aliphatic hydroxyl groups excluding tert-OH is 1. The van der Waals surface area contributed by atoms with Crippen LogP contribution in [0.5, 0.6) is 0 Å². The molecule has 1 heterocycles. The molecule has 0 aliphatic rings. The van der Waals surface area contributed by atoms with Crippen LogP contribution in [0.25, 0.3) is 10.9 Å². The van der Waals surface area contributed by atoms with Crippen molar-refractivity contribution in [2.75, 3.05) is 19.6 Å². The quantitative estimate of drug-likeness (QED) is 0.209. The van der Waals surface area contributed by atoms with Gasteiger partial charge in [-0.1, -0.05) is 30.3 Å². The summed E-state index contributed by atoms with van der Waals surface area (Å²) in [6.45, 7) is 3.96. The van der Waals surface area contributed by atoms with Crippen molar-refractivity contribution in [3.05, 3.63) is 71.7 Å². The Morgan fingerprint density at radius 1 is 1.17 bits per heavy atom. The normalized spacial score (nSPS) is 12.4. The third-order valence-corrected chi connectivity index (χ3v) is 4.62. The van der Waals surface area contributed by atoms with E-state index in [9.17, 15) is 9.50 Å². The molecule has 3 rings (SSSR count). The lowest BCUT2D eigenvalue weighted by Crippen LogP contribution is -2.38. The van der Waals surface area contributed by atoms with Crippen molar-refractivity contribution >= 4 is 40.8 Å². The number of rotatable bonds is 8. The fourth-order valence-electron chi connectivity index (χ4n) is 3.16. The summed E-state index contributed by atoms with van der Waals surface area (Å²) in [6, 6.07) is 14.4. The van der Waals surface area contributed by atoms with E-state index in [0.717, 1.165) is 35.0 Å².